The second kappa shape index (κ2) is 10.2. The van der Waals surface area contributed by atoms with Crippen LogP contribution in [0.1, 0.15) is 35.0 Å². The zero-order chi connectivity index (χ0) is 24.9. The number of fused-ring (bicyclic) bond motifs is 1. The molecule has 178 valence electrons. The average molecular weight is 470 g/mol. The normalized spacial score (nSPS) is 10.7. The highest BCUT2D eigenvalue weighted by molar-refractivity contribution is 6.04. The van der Waals surface area contributed by atoms with Gasteiger partial charge in [-0.2, -0.15) is 0 Å². The molecule has 0 spiro atoms. The number of hydrogen-bond acceptors (Lipinski definition) is 4. The Morgan fingerprint density at radius 1 is 0.914 bits per heavy atom. The van der Waals surface area contributed by atoms with Crippen LogP contribution in [0.4, 0.5) is 17.2 Å². The fourth-order valence-electron chi connectivity index (χ4n) is 3.91. The van der Waals surface area contributed by atoms with Gasteiger partial charge >= 0.3 is 0 Å². The Hall–Kier alpha value is -4.46. The van der Waals surface area contributed by atoms with Gasteiger partial charge < -0.3 is 10.6 Å². The predicted octanol–water partition coefficient (Wildman–Crippen LogP) is 4.45. The lowest BCUT2D eigenvalue weighted by atomic mass is 10.1. The molecule has 0 saturated heterocycles. The maximum Gasteiger partial charge on any atom is 0.257 e. The molecule has 0 aliphatic rings. The van der Waals surface area contributed by atoms with Crippen LogP contribution in [-0.2, 0) is 16.0 Å². The summed E-state index contributed by atoms with van der Waals surface area (Å²) in [5.41, 5.74) is 4.12. The number of hydrogen-bond donors (Lipinski definition) is 2. The van der Waals surface area contributed by atoms with Crippen LogP contribution in [0.15, 0.2) is 72.9 Å². The SMILES string of the molecule is CC(=O)Nc1ccc(NC(=O)c2ccc3nc(C)c(N(C)C(=O)CCc4ccccc4)n3c2)cc1. The number of imidazole rings is 1. The van der Waals surface area contributed by atoms with Crippen molar-refractivity contribution in [3.05, 3.63) is 89.7 Å². The van der Waals surface area contributed by atoms with E-state index in [2.05, 4.69) is 15.6 Å². The molecule has 8 heteroatoms. The molecular weight excluding hydrogens is 442 g/mol. The monoisotopic (exact) mass is 469 g/mol. The first-order chi connectivity index (χ1) is 16.8. The number of carbonyl (C=O) groups excluding carboxylic acids is 3. The summed E-state index contributed by atoms with van der Waals surface area (Å²) in [7, 11) is 1.73. The van der Waals surface area contributed by atoms with Crippen molar-refractivity contribution in [3.8, 4) is 0 Å². The highest BCUT2D eigenvalue weighted by Crippen LogP contribution is 2.23. The molecule has 4 aromatic rings. The average Bonchev–Trinajstić information content (AvgIpc) is 3.18. The van der Waals surface area contributed by atoms with Crippen molar-refractivity contribution in [3.63, 3.8) is 0 Å². The topological polar surface area (TPSA) is 95.8 Å². The quantitative estimate of drug-likeness (QED) is 0.418. The van der Waals surface area contributed by atoms with Gasteiger partial charge in [0, 0.05) is 38.0 Å². The molecule has 2 aromatic carbocycles. The van der Waals surface area contributed by atoms with Crippen molar-refractivity contribution >= 4 is 40.6 Å². The van der Waals surface area contributed by atoms with E-state index < -0.39 is 0 Å². The molecule has 2 heterocycles. The van der Waals surface area contributed by atoms with Crippen molar-refractivity contribution in [1.29, 1.82) is 0 Å². The predicted molar refractivity (Wildman–Crippen MR) is 137 cm³/mol. The van der Waals surface area contributed by atoms with Crippen LogP contribution in [0, 0.1) is 6.92 Å². The summed E-state index contributed by atoms with van der Waals surface area (Å²) in [6.07, 6.45) is 2.70. The highest BCUT2D eigenvalue weighted by Gasteiger charge is 2.20. The standard InChI is InChI=1S/C27H27N5O3/c1-18-27(31(3)25(34)16-9-20-7-5-4-6-8-20)32-17-21(10-15-24(32)28-18)26(35)30-23-13-11-22(12-14-23)29-19(2)33/h4-8,10-15,17H,9,16H2,1-3H3,(H,29,33)(H,30,35). The minimum absolute atomic E-state index is 0.0344. The lowest BCUT2D eigenvalue weighted by molar-refractivity contribution is -0.118. The Kier molecular flexibility index (Phi) is 6.91. The molecular formula is C27H27N5O3. The van der Waals surface area contributed by atoms with E-state index in [0.717, 1.165) is 5.56 Å². The summed E-state index contributed by atoms with van der Waals surface area (Å²) in [5.74, 6) is 0.139. The molecule has 0 unspecified atom stereocenters. The summed E-state index contributed by atoms with van der Waals surface area (Å²) in [5, 5.41) is 5.54. The van der Waals surface area contributed by atoms with E-state index in [-0.39, 0.29) is 17.7 Å². The Bertz CT molecular complexity index is 1380. The maximum absolute atomic E-state index is 12.9. The van der Waals surface area contributed by atoms with Crippen molar-refractivity contribution in [2.24, 2.45) is 0 Å². The third kappa shape index (κ3) is 5.55. The van der Waals surface area contributed by atoms with Gasteiger partial charge in [-0.3, -0.25) is 23.7 Å². The summed E-state index contributed by atoms with van der Waals surface area (Å²) < 4.78 is 1.77. The van der Waals surface area contributed by atoms with E-state index in [4.69, 9.17) is 0 Å². The van der Waals surface area contributed by atoms with Crippen molar-refractivity contribution in [2.45, 2.75) is 26.7 Å². The first-order valence-electron chi connectivity index (χ1n) is 11.3. The Balaban J connectivity index is 1.51. The van der Waals surface area contributed by atoms with E-state index in [1.54, 1.807) is 58.9 Å². The van der Waals surface area contributed by atoms with E-state index >= 15 is 0 Å². The maximum atomic E-state index is 12.9. The highest BCUT2D eigenvalue weighted by atomic mass is 16.2. The molecule has 0 bridgehead atoms. The number of carbonyl (C=O) groups is 3. The van der Waals surface area contributed by atoms with Gasteiger partial charge in [-0.1, -0.05) is 30.3 Å². The molecule has 0 radical (unpaired) electrons. The largest absolute Gasteiger partial charge is 0.326 e. The number of nitrogens with one attached hydrogen (secondary N) is 2. The molecule has 0 fully saturated rings. The molecule has 0 saturated carbocycles. The van der Waals surface area contributed by atoms with E-state index in [1.165, 1.54) is 6.92 Å². The van der Waals surface area contributed by atoms with Crippen molar-refractivity contribution < 1.29 is 14.4 Å². The van der Waals surface area contributed by atoms with Gasteiger partial charge in [0.2, 0.25) is 11.8 Å². The van der Waals surface area contributed by atoms with Crippen LogP contribution >= 0.6 is 0 Å². The summed E-state index contributed by atoms with van der Waals surface area (Å²) in [4.78, 5) is 43.2. The van der Waals surface area contributed by atoms with Crippen LogP contribution in [0.2, 0.25) is 0 Å². The van der Waals surface area contributed by atoms with Crippen LogP contribution < -0.4 is 15.5 Å². The Morgan fingerprint density at radius 2 is 1.57 bits per heavy atom. The van der Waals surface area contributed by atoms with Crippen LogP contribution in [0.3, 0.4) is 0 Å². The third-order valence-electron chi connectivity index (χ3n) is 5.65. The number of aromatic nitrogens is 2. The van der Waals surface area contributed by atoms with E-state index in [1.807, 2.05) is 37.3 Å². The van der Waals surface area contributed by atoms with Gasteiger partial charge in [0.05, 0.1) is 11.3 Å². The molecule has 0 aliphatic heterocycles. The minimum Gasteiger partial charge on any atom is -0.326 e. The van der Waals surface area contributed by atoms with Crippen LogP contribution in [0.25, 0.3) is 5.65 Å². The van der Waals surface area contributed by atoms with Gasteiger partial charge in [0.25, 0.3) is 5.91 Å². The van der Waals surface area contributed by atoms with Gasteiger partial charge in [-0.05, 0) is 55.3 Å². The second-order valence-corrected chi connectivity index (χ2v) is 8.32. The smallest absolute Gasteiger partial charge is 0.257 e. The zero-order valence-corrected chi connectivity index (χ0v) is 19.9. The lowest BCUT2D eigenvalue weighted by Gasteiger charge is -2.18. The zero-order valence-electron chi connectivity index (χ0n) is 19.9. The number of amides is 3. The fraction of sp³-hybridized carbons (Fsp3) is 0.185. The molecule has 8 nitrogen and oxygen atoms in total. The van der Waals surface area contributed by atoms with Gasteiger partial charge in [-0.15, -0.1) is 0 Å². The molecule has 35 heavy (non-hydrogen) atoms. The number of aryl methyl sites for hydroxylation is 2. The molecule has 3 amide bonds. The molecule has 2 aromatic heterocycles. The van der Waals surface area contributed by atoms with Gasteiger partial charge in [0.15, 0.2) is 0 Å². The number of rotatable bonds is 7. The second-order valence-electron chi connectivity index (χ2n) is 8.32. The summed E-state index contributed by atoms with van der Waals surface area (Å²) in [6.45, 7) is 3.28. The number of benzene rings is 2. The Morgan fingerprint density at radius 3 is 2.23 bits per heavy atom. The lowest BCUT2D eigenvalue weighted by Crippen LogP contribution is -2.28. The van der Waals surface area contributed by atoms with E-state index in [0.29, 0.717) is 46.9 Å². The fourth-order valence-corrected chi connectivity index (χ4v) is 3.91. The van der Waals surface area contributed by atoms with Crippen molar-refractivity contribution in [2.75, 3.05) is 22.6 Å². The Labute approximate surface area is 203 Å². The minimum atomic E-state index is -0.297. The van der Waals surface area contributed by atoms with Gasteiger partial charge in [-0.25, -0.2) is 4.98 Å². The first kappa shape index (κ1) is 23.7. The molecule has 0 aliphatic carbocycles. The van der Waals surface area contributed by atoms with Crippen LogP contribution in [-0.4, -0.2) is 34.2 Å². The van der Waals surface area contributed by atoms with Gasteiger partial charge in [0.1, 0.15) is 11.5 Å². The molecule has 2 N–H and O–H groups in total. The summed E-state index contributed by atoms with van der Waals surface area (Å²) in [6, 6.07) is 20.2. The number of anilines is 3. The third-order valence-corrected chi connectivity index (χ3v) is 5.65. The van der Waals surface area contributed by atoms with Crippen LogP contribution in [0.5, 0.6) is 0 Å². The summed E-state index contributed by atoms with van der Waals surface area (Å²) >= 11 is 0. The number of pyridine rings is 1. The first-order valence-corrected chi connectivity index (χ1v) is 11.3. The number of nitrogens with zero attached hydrogens (tertiary/aromatic N) is 3. The van der Waals surface area contributed by atoms with E-state index in [9.17, 15) is 14.4 Å². The van der Waals surface area contributed by atoms with Crippen molar-refractivity contribution in [1.82, 2.24) is 9.38 Å². The molecule has 4 rings (SSSR count). The molecule has 0 atom stereocenters.